The molecule has 0 rings (SSSR count). The van der Waals surface area contributed by atoms with Gasteiger partial charge in [0.25, 0.3) is 0 Å². The summed E-state index contributed by atoms with van der Waals surface area (Å²) < 4.78 is 3.37. The standard InChI is InChI=1S/C3H7N3O2S/c4-3(5)6-9-1-2(7)8/h1H2,(H,7,8)(H4,4,5,6). The maximum atomic E-state index is 9.81. The molecule has 6 heteroatoms. The molecule has 52 valence electrons. The van der Waals surface area contributed by atoms with Crippen molar-refractivity contribution in [2.45, 2.75) is 0 Å². The predicted octanol–water partition coefficient (Wildman–Crippen LogP) is -1.01. The lowest BCUT2D eigenvalue weighted by molar-refractivity contribution is -0.133. The summed E-state index contributed by atoms with van der Waals surface area (Å²) >= 11 is 0.808. The third-order valence-electron chi connectivity index (χ3n) is 0.358. The SMILES string of the molecule is NC(N)=NSCC(=O)O. The number of carboxylic acids is 1. The summed E-state index contributed by atoms with van der Waals surface area (Å²) in [4.78, 5) is 9.81. The van der Waals surface area contributed by atoms with Crippen molar-refractivity contribution >= 4 is 23.9 Å². The van der Waals surface area contributed by atoms with Gasteiger partial charge in [-0.25, -0.2) is 0 Å². The van der Waals surface area contributed by atoms with Gasteiger partial charge < -0.3 is 16.6 Å². The molecule has 0 spiro atoms. The van der Waals surface area contributed by atoms with Crippen molar-refractivity contribution in [2.24, 2.45) is 15.9 Å². The van der Waals surface area contributed by atoms with E-state index in [0.717, 1.165) is 11.9 Å². The molecular weight excluding hydrogens is 142 g/mol. The molecule has 0 amide bonds. The van der Waals surface area contributed by atoms with Crippen molar-refractivity contribution < 1.29 is 9.90 Å². The van der Waals surface area contributed by atoms with Crippen LogP contribution in [-0.4, -0.2) is 22.8 Å². The van der Waals surface area contributed by atoms with Gasteiger partial charge in [-0.1, -0.05) is 0 Å². The van der Waals surface area contributed by atoms with Gasteiger partial charge in [0.2, 0.25) is 0 Å². The molecule has 0 aromatic heterocycles. The first-order valence-electron chi connectivity index (χ1n) is 2.05. The molecule has 0 saturated heterocycles. The Balaban J connectivity index is 3.31. The Hall–Kier alpha value is -0.910. The molecule has 0 atom stereocenters. The fourth-order valence-corrected chi connectivity index (χ4v) is 0.486. The molecule has 0 fully saturated rings. The van der Waals surface area contributed by atoms with Gasteiger partial charge in [-0.15, -0.1) is 0 Å². The van der Waals surface area contributed by atoms with E-state index in [1.165, 1.54) is 0 Å². The second-order valence-corrected chi connectivity index (χ2v) is 1.91. The second kappa shape index (κ2) is 4.02. The van der Waals surface area contributed by atoms with Gasteiger partial charge in [0.05, 0.1) is 0 Å². The lowest BCUT2D eigenvalue weighted by Gasteiger charge is -1.87. The largest absolute Gasteiger partial charge is 0.481 e. The van der Waals surface area contributed by atoms with E-state index in [4.69, 9.17) is 16.6 Å². The second-order valence-electron chi connectivity index (χ2n) is 1.18. The van der Waals surface area contributed by atoms with Crippen molar-refractivity contribution in [1.82, 2.24) is 0 Å². The highest BCUT2D eigenvalue weighted by molar-refractivity contribution is 7.98. The van der Waals surface area contributed by atoms with Crippen molar-refractivity contribution in [3.63, 3.8) is 0 Å². The molecule has 0 aromatic carbocycles. The summed E-state index contributed by atoms with van der Waals surface area (Å²) in [7, 11) is 0. The fourth-order valence-electron chi connectivity index (χ4n) is 0.162. The minimum Gasteiger partial charge on any atom is -0.481 e. The normalized spacial score (nSPS) is 8.44. The number of nitrogens with zero attached hydrogens (tertiary/aromatic N) is 1. The van der Waals surface area contributed by atoms with Gasteiger partial charge in [0.15, 0.2) is 5.96 Å². The van der Waals surface area contributed by atoms with Gasteiger partial charge in [-0.05, 0) is 11.9 Å². The molecule has 0 saturated carbocycles. The number of guanidine groups is 1. The first-order valence-corrected chi connectivity index (χ1v) is 3.00. The van der Waals surface area contributed by atoms with Crippen molar-refractivity contribution in [1.29, 1.82) is 0 Å². The molecule has 5 N–H and O–H groups in total. The fraction of sp³-hybridized carbons (Fsp3) is 0.333. The van der Waals surface area contributed by atoms with E-state index in [2.05, 4.69) is 4.40 Å². The van der Waals surface area contributed by atoms with Crippen LogP contribution in [0.25, 0.3) is 0 Å². The Labute approximate surface area is 56.3 Å². The van der Waals surface area contributed by atoms with Crippen LogP contribution in [0.2, 0.25) is 0 Å². The summed E-state index contributed by atoms with van der Waals surface area (Å²) in [6.45, 7) is 0. The smallest absolute Gasteiger partial charge is 0.315 e. The van der Waals surface area contributed by atoms with Crippen LogP contribution in [0.1, 0.15) is 0 Å². The number of hydrogen-bond donors (Lipinski definition) is 3. The lowest BCUT2D eigenvalue weighted by Crippen LogP contribution is -2.21. The molecule has 0 aromatic rings. The zero-order valence-electron chi connectivity index (χ0n) is 4.57. The number of rotatable bonds is 3. The van der Waals surface area contributed by atoms with E-state index in [1.54, 1.807) is 0 Å². The number of nitrogens with two attached hydrogens (primary N) is 2. The Morgan fingerprint density at radius 3 is 2.56 bits per heavy atom. The average molecular weight is 149 g/mol. The van der Waals surface area contributed by atoms with Gasteiger partial charge in [0, 0.05) is 0 Å². The molecule has 0 heterocycles. The molecule has 0 radical (unpaired) electrons. The van der Waals surface area contributed by atoms with Gasteiger partial charge in [0.1, 0.15) is 5.75 Å². The van der Waals surface area contributed by atoms with E-state index in [-0.39, 0.29) is 11.7 Å². The third kappa shape index (κ3) is 7.09. The average Bonchev–Trinajstić information content (AvgIpc) is 1.63. The zero-order chi connectivity index (χ0) is 7.28. The molecule has 5 nitrogen and oxygen atoms in total. The van der Waals surface area contributed by atoms with E-state index in [1.807, 2.05) is 0 Å². The van der Waals surface area contributed by atoms with Crippen molar-refractivity contribution in [3.05, 3.63) is 0 Å². The van der Waals surface area contributed by atoms with Crippen molar-refractivity contribution in [2.75, 3.05) is 5.75 Å². The predicted molar refractivity (Wildman–Crippen MR) is 35.9 cm³/mol. The summed E-state index contributed by atoms with van der Waals surface area (Å²) in [5, 5.41) is 8.05. The van der Waals surface area contributed by atoms with E-state index < -0.39 is 5.97 Å². The molecule has 0 unspecified atom stereocenters. The summed E-state index contributed by atoms with van der Waals surface area (Å²) in [6.07, 6.45) is 0. The molecular formula is C3H7N3O2S. The van der Waals surface area contributed by atoms with E-state index in [9.17, 15) is 4.79 Å². The van der Waals surface area contributed by atoms with Crippen molar-refractivity contribution in [3.8, 4) is 0 Å². The lowest BCUT2D eigenvalue weighted by atomic mass is 10.8. The monoisotopic (exact) mass is 149 g/mol. The first kappa shape index (κ1) is 8.09. The quantitative estimate of drug-likeness (QED) is 0.271. The van der Waals surface area contributed by atoms with Crippen LogP contribution < -0.4 is 11.5 Å². The first-order chi connectivity index (χ1) is 4.13. The van der Waals surface area contributed by atoms with Crippen LogP contribution in [0, 0.1) is 0 Å². The summed E-state index contributed by atoms with van der Waals surface area (Å²) in [5.41, 5.74) is 9.79. The maximum Gasteiger partial charge on any atom is 0.315 e. The Morgan fingerprint density at radius 2 is 2.22 bits per heavy atom. The van der Waals surface area contributed by atoms with Crippen LogP contribution >= 0.6 is 11.9 Å². The maximum absolute atomic E-state index is 9.81. The highest BCUT2D eigenvalue weighted by Crippen LogP contribution is 1.98. The molecule has 0 bridgehead atoms. The van der Waals surface area contributed by atoms with Gasteiger partial charge in [-0.3, -0.25) is 4.79 Å². The molecule has 0 aliphatic carbocycles. The van der Waals surface area contributed by atoms with Gasteiger partial charge in [-0.2, -0.15) is 4.40 Å². The Morgan fingerprint density at radius 1 is 1.67 bits per heavy atom. The van der Waals surface area contributed by atoms with Crippen LogP contribution in [0.15, 0.2) is 4.40 Å². The van der Waals surface area contributed by atoms with Crippen LogP contribution in [0.3, 0.4) is 0 Å². The van der Waals surface area contributed by atoms with Crippen LogP contribution in [0.4, 0.5) is 0 Å². The Bertz CT molecular complexity index is 131. The number of carboxylic acid groups (broad SMARTS) is 1. The zero-order valence-corrected chi connectivity index (χ0v) is 5.39. The van der Waals surface area contributed by atoms with Crippen LogP contribution in [-0.2, 0) is 4.79 Å². The molecule has 9 heavy (non-hydrogen) atoms. The van der Waals surface area contributed by atoms with Crippen LogP contribution in [0.5, 0.6) is 0 Å². The van der Waals surface area contributed by atoms with Gasteiger partial charge >= 0.3 is 5.97 Å². The summed E-state index contributed by atoms with van der Waals surface area (Å²) in [5.74, 6) is -1.16. The highest BCUT2D eigenvalue weighted by atomic mass is 32.2. The molecule has 0 aliphatic rings. The molecule has 0 aliphatic heterocycles. The van der Waals surface area contributed by atoms with E-state index >= 15 is 0 Å². The highest BCUT2D eigenvalue weighted by Gasteiger charge is 1.93. The number of aliphatic carboxylic acids is 1. The third-order valence-corrected chi connectivity index (χ3v) is 1.07. The summed E-state index contributed by atoms with van der Waals surface area (Å²) in [6, 6.07) is 0. The van der Waals surface area contributed by atoms with E-state index in [0.29, 0.717) is 0 Å². The minimum absolute atomic E-state index is 0.110. The minimum atomic E-state index is -0.940. The topological polar surface area (TPSA) is 102 Å². The number of hydrogen-bond acceptors (Lipinski definition) is 3. The Kier molecular flexibility index (Phi) is 3.61. The number of carbonyl (C=O) groups is 1.